The molecule has 0 radical (unpaired) electrons. The van der Waals surface area contributed by atoms with Crippen molar-refractivity contribution in [2.24, 2.45) is 0 Å². The molecule has 1 fully saturated rings. The zero-order chi connectivity index (χ0) is 14.5. The largest absolute Gasteiger partial charge is 0.522 e. The van der Waals surface area contributed by atoms with Gasteiger partial charge in [-0.2, -0.15) is 13.2 Å². The van der Waals surface area contributed by atoms with Crippen molar-refractivity contribution in [2.75, 3.05) is 32.8 Å². The van der Waals surface area contributed by atoms with Gasteiger partial charge in [-0.05, 0) is 25.9 Å². The van der Waals surface area contributed by atoms with E-state index < -0.39 is 25.7 Å². The van der Waals surface area contributed by atoms with E-state index >= 15 is 0 Å². The average molecular weight is 294 g/mol. The second kappa shape index (κ2) is 6.76. The molecule has 0 aromatic carbocycles. The Morgan fingerprint density at radius 3 is 2.11 bits per heavy atom. The highest BCUT2D eigenvalue weighted by molar-refractivity contribution is 4.79. The summed E-state index contributed by atoms with van der Waals surface area (Å²) in [5.41, 5.74) is 0. The molecule has 19 heavy (non-hydrogen) atoms. The lowest BCUT2D eigenvalue weighted by Crippen LogP contribution is -2.48. The molecule has 9 heteroatoms. The SMILES string of the molecule is FC(F)(F)CN(CCOC(F)(F)F)C1CCNCC1. The number of hydrogen-bond donors (Lipinski definition) is 1. The molecule has 1 saturated heterocycles. The van der Waals surface area contributed by atoms with Gasteiger partial charge in [-0.3, -0.25) is 9.64 Å². The molecule has 0 aromatic heterocycles. The maximum Gasteiger partial charge on any atom is 0.522 e. The third-order valence-corrected chi connectivity index (χ3v) is 2.85. The van der Waals surface area contributed by atoms with E-state index in [1.54, 1.807) is 0 Å². The van der Waals surface area contributed by atoms with Crippen molar-refractivity contribution in [1.29, 1.82) is 0 Å². The molecule has 0 aromatic rings. The molecule has 0 atom stereocenters. The molecule has 1 heterocycles. The molecular formula is C10H16F6N2O. The highest BCUT2D eigenvalue weighted by atomic mass is 19.4. The van der Waals surface area contributed by atoms with Crippen molar-refractivity contribution in [3.63, 3.8) is 0 Å². The van der Waals surface area contributed by atoms with Crippen molar-refractivity contribution in [3.8, 4) is 0 Å². The van der Waals surface area contributed by atoms with Gasteiger partial charge in [0.2, 0.25) is 0 Å². The summed E-state index contributed by atoms with van der Waals surface area (Å²) < 4.78 is 76.2. The first kappa shape index (κ1) is 16.5. The molecule has 0 spiro atoms. The first-order valence-electron chi connectivity index (χ1n) is 5.89. The summed E-state index contributed by atoms with van der Waals surface area (Å²) in [5, 5.41) is 2.99. The molecule has 0 saturated carbocycles. The van der Waals surface area contributed by atoms with Crippen molar-refractivity contribution in [1.82, 2.24) is 10.2 Å². The van der Waals surface area contributed by atoms with Crippen LogP contribution in [-0.2, 0) is 4.74 Å². The number of nitrogens with one attached hydrogen (secondary N) is 1. The average Bonchev–Trinajstić information content (AvgIpc) is 2.25. The summed E-state index contributed by atoms with van der Waals surface area (Å²) in [6.45, 7) is -1.25. The molecule has 1 rings (SSSR count). The topological polar surface area (TPSA) is 24.5 Å². The molecule has 1 N–H and O–H groups in total. The fourth-order valence-corrected chi connectivity index (χ4v) is 2.07. The van der Waals surface area contributed by atoms with E-state index in [0.717, 1.165) is 4.90 Å². The van der Waals surface area contributed by atoms with Crippen LogP contribution >= 0.6 is 0 Å². The first-order chi connectivity index (χ1) is 8.67. The number of alkyl halides is 6. The van der Waals surface area contributed by atoms with Crippen LogP contribution in [0.15, 0.2) is 0 Å². The van der Waals surface area contributed by atoms with Crippen molar-refractivity contribution in [3.05, 3.63) is 0 Å². The van der Waals surface area contributed by atoms with E-state index in [4.69, 9.17) is 0 Å². The highest BCUT2D eigenvalue weighted by Crippen LogP contribution is 2.22. The number of piperidine rings is 1. The molecule has 0 bridgehead atoms. The standard InChI is InChI=1S/C10H16F6N2O/c11-9(12,13)7-18(5-6-19-10(14,15)16)8-1-3-17-4-2-8/h8,17H,1-7H2. The van der Waals surface area contributed by atoms with E-state index in [0.29, 0.717) is 25.9 Å². The highest BCUT2D eigenvalue weighted by Gasteiger charge is 2.35. The lowest BCUT2D eigenvalue weighted by molar-refractivity contribution is -0.325. The second-order valence-corrected chi connectivity index (χ2v) is 4.36. The van der Waals surface area contributed by atoms with Gasteiger partial charge < -0.3 is 5.32 Å². The van der Waals surface area contributed by atoms with Crippen LogP contribution in [0.1, 0.15) is 12.8 Å². The minimum absolute atomic E-state index is 0.361. The summed E-state index contributed by atoms with van der Waals surface area (Å²) in [6.07, 6.45) is -8.26. The molecule has 1 aliphatic rings. The summed E-state index contributed by atoms with van der Waals surface area (Å²) in [5.74, 6) is 0. The molecule has 1 aliphatic heterocycles. The van der Waals surface area contributed by atoms with Gasteiger partial charge in [0.05, 0.1) is 13.2 Å². The van der Waals surface area contributed by atoms with E-state index in [-0.39, 0.29) is 12.6 Å². The quantitative estimate of drug-likeness (QED) is 0.786. The maximum absolute atomic E-state index is 12.4. The lowest BCUT2D eigenvalue weighted by atomic mass is 10.0. The number of halogens is 6. The van der Waals surface area contributed by atoms with Gasteiger partial charge in [-0.25, -0.2) is 0 Å². The molecule has 0 unspecified atom stereocenters. The summed E-state index contributed by atoms with van der Waals surface area (Å²) in [6, 6.07) is -0.361. The van der Waals surface area contributed by atoms with Gasteiger partial charge in [0.15, 0.2) is 0 Å². The maximum atomic E-state index is 12.4. The van der Waals surface area contributed by atoms with Crippen LogP contribution in [0.4, 0.5) is 26.3 Å². The molecule has 114 valence electrons. The number of ether oxygens (including phenoxy) is 1. The van der Waals surface area contributed by atoms with Crippen LogP contribution in [0.5, 0.6) is 0 Å². The number of rotatable bonds is 5. The Labute approximate surface area is 106 Å². The molecular weight excluding hydrogens is 278 g/mol. The van der Waals surface area contributed by atoms with Gasteiger partial charge in [0, 0.05) is 12.6 Å². The van der Waals surface area contributed by atoms with Gasteiger partial charge in [0.25, 0.3) is 0 Å². The molecule has 0 aliphatic carbocycles. The Bertz CT molecular complexity index is 262. The number of nitrogens with zero attached hydrogens (tertiary/aromatic N) is 1. The Morgan fingerprint density at radius 2 is 1.63 bits per heavy atom. The van der Waals surface area contributed by atoms with Crippen LogP contribution in [0.3, 0.4) is 0 Å². The van der Waals surface area contributed by atoms with Gasteiger partial charge in [0.1, 0.15) is 0 Å². The second-order valence-electron chi connectivity index (χ2n) is 4.36. The fourth-order valence-electron chi connectivity index (χ4n) is 2.07. The summed E-state index contributed by atoms with van der Waals surface area (Å²) in [7, 11) is 0. The fraction of sp³-hybridized carbons (Fsp3) is 1.00. The van der Waals surface area contributed by atoms with Gasteiger partial charge in [-0.15, -0.1) is 13.2 Å². The minimum atomic E-state index is -4.81. The predicted molar refractivity (Wildman–Crippen MR) is 55.5 cm³/mol. The van der Waals surface area contributed by atoms with Gasteiger partial charge >= 0.3 is 12.5 Å². The Kier molecular flexibility index (Phi) is 5.87. The Hall–Kier alpha value is -0.540. The zero-order valence-corrected chi connectivity index (χ0v) is 10.2. The number of hydrogen-bond acceptors (Lipinski definition) is 3. The molecule has 3 nitrogen and oxygen atoms in total. The minimum Gasteiger partial charge on any atom is -0.317 e. The monoisotopic (exact) mass is 294 g/mol. The van der Waals surface area contributed by atoms with Crippen LogP contribution in [0.2, 0.25) is 0 Å². The van der Waals surface area contributed by atoms with Crippen LogP contribution in [0.25, 0.3) is 0 Å². The van der Waals surface area contributed by atoms with Crippen molar-refractivity contribution in [2.45, 2.75) is 31.4 Å². The van der Waals surface area contributed by atoms with Crippen LogP contribution < -0.4 is 5.32 Å². The van der Waals surface area contributed by atoms with Crippen LogP contribution in [0, 0.1) is 0 Å². The van der Waals surface area contributed by atoms with E-state index in [9.17, 15) is 26.3 Å². The Balaban J connectivity index is 2.48. The lowest BCUT2D eigenvalue weighted by Gasteiger charge is -2.35. The normalized spacial score (nSPS) is 19.1. The Morgan fingerprint density at radius 1 is 1.05 bits per heavy atom. The molecule has 0 amide bonds. The van der Waals surface area contributed by atoms with Crippen LogP contribution in [-0.4, -0.2) is 56.3 Å². The summed E-state index contributed by atoms with van der Waals surface area (Å²) >= 11 is 0. The van der Waals surface area contributed by atoms with E-state index in [1.807, 2.05) is 0 Å². The summed E-state index contributed by atoms with van der Waals surface area (Å²) in [4.78, 5) is 1.02. The van der Waals surface area contributed by atoms with Crippen molar-refractivity contribution >= 4 is 0 Å². The first-order valence-corrected chi connectivity index (χ1v) is 5.89. The predicted octanol–water partition coefficient (Wildman–Crippen LogP) is 2.14. The van der Waals surface area contributed by atoms with E-state index in [1.165, 1.54) is 0 Å². The third-order valence-electron chi connectivity index (χ3n) is 2.85. The smallest absolute Gasteiger partial charge is 0.317 e. The van der Waals surface area contributed by atoms with Crippen molar-refractivity contribution < 1.29 is 31.1 Å². The van der Waals surface area contributed by atoms with E-state index in [2.05, 4.69) is 10.1 Å². The zero-order valence-electron chi connectivity index (χ0n) is 10.2. The third kappa shape index (κ3) is 7.58. The van der Waals surface area contributed by atoms with Gasteiger partial charge in [-0.1, -0.05) is 0 Å².